The molecule has 1 saturated carbocycles. The summed E-state index contributed by atoms with van der Waals surface area (Å²) >= 11 is 0. The second kappa shape index (κ2) is 9.75. The summed E-state index contributed by atoms with van der Waals surface area (Å²) in [6.07, 6.45) is 10.2. The van der Waals surface area contributed by atoms with E-state index >= 15 is 0 Å². The fourth-order valence-corrected chi connectivity index (χ4v) is 3.59. The minimum absolute atomic E-state index is 0.918. The molecule has 0 bridgehead atoms. The molecule has 2 aliphatic rings. The van der Waals surface area contributed by atoms with Crippen molar-refractivity contribution in [2.75, 3.05) is 45.9 Å². The molecule has 3 heteroatoms. The smallest absolute Gasteiger partial charge is 0.0594 e. The van der Waals surface area contributed by atoms with Crippen molar-refractivity contribution in [3.63, 3.8) is 0 Å². The number of rotatable bonds is 8. The Balaban J connectivity index is 1.46. The molecule has 0 aromatic carbocycles. The van der Waals surface area contributed by atoms with Crippen LogP contribution in [-0.4, -0.2) is 50.8 Å². The van der Waals surface area contributed by atoms with Gasteiger partial charge in [-0.15, -0.1) is 0 Å². The monoisotopic (exact) mass is 282 g/mol. The molecule has 0 atom stereocenters. The van der Waals surface area contributed by atoms with E-state index in [1.807, 2.05) is 0 Å². The van der Waals surface area contributed by atoms with E-state index in [4.69, 9.17) is 4.74 Å². The summed E-state index contributed by atoms with van der Waals surface area (Å²) in [6.45, 7) is 9.96. The predicted molar refractivity (Wildman–Crippen MR) is 85.1 cm³/mol. The first-order valence-corrected chi connectivity index (χ1v) is 8.89. The van der Waals surface area contributed by atoms with Crippen LogP contribution in [0.2, 0.25) is 0 Å². The van der Waals surface area contributed by atoms with Crippen LogP contribution in [0.1, 0.15) is 51.9 Å². The average molecular weight is 282 g/mol. The summed E-state index contributed by atoms with van der Waals surface area (Å²) in [5.41, 5.74) is 0. The number of nitrogens with one attached hydrogen (secondary N) is 1. The maximum Gasteiger partial charge on any atom is 0.0594 e. The van der Waals surface area contributed by atoms with E-state index in [2.05, 4.69) is 17.1 Å². The van der Waals surface area contributed by atoms with Crippen LogP contribution < -0.4 is 5.32 Å². The maximum atomic E-state index is 5.38. The van der Waals surface area contributed by atoms with Crippen LogP contribution in [0.3, 0.4) is 0 Å². The molecule has 0 spiro atoms. The Kier molecular flexibility index (Phi) is 7.92. The van der Waals surface area contributed by atoms with Gasteiger partial charge in [0.15, 0.2) is 0 Å². The predicted octanol–water partition coefficient (Wildman–Crippen LogP) is 2.90. The van der Waals surface area contributed by atoms with Crippen molar-refractivity contribution in [1.29, 1.82) is 0 Å². The molecule has 118 valence electrons. The molecule has 0 unspecified atom stereocenters. The fraction of sp³-hybridized carbons (Fsp3) is 1.00. The summed E-state index contributed by atoms with van der Waals surface area (Å²) in [5.74, 6) is 1.98. The van der Waals surface area contributed by atoms with Crippen molar-refractivity contribution in [3.8, 4) is 0 Å². The number of nitrogens with zero attached hydrogens (tertiary/aromatic N) is 1. The zero-order valence-electron chi connectivity index (χ0n) is 13.4. The lowest BCUT2D eigenvalue weighted by atomic mass is 9.80. The van der Waals surface area contributed by atoms with Crippen molar-refractivity contribution in [1.82, 2.24) is 10.2 Å². The molecule has 0 aromatic rings. The lowest BCUT2D eigenvalue weighted by Gasteiger charge is -2.29. The first-order valence-electron chi connectivity index (χ1n) is 8.89. The largest absolute Gasteiger partial charge is 0.379 e. The first kappa shape index (κ1) is 16.3. The van der Waals surface area contributed by atoms with Gasteiger partial charge in [-0.05, 0) is 31.2 Å². The minimum atomic E-state index is 0.918. The number of morpholine rings is 1. The molecule has 0 aromatic heterocycles. The van der Waals surface area contributed by atoms with Crippen LogP contribution in [0.5, 0.6) is 0 Å². The molecule has 1 aliphatic carbocycles. The molecular formula is C17H34N2O. The van der Waals surface area contributed by atoms with Crippen LogP contribution in [0.15, 0.2) is 0 Å². The Morgan fingerprint density at radius 2 is 1.75 bits per heavy atom. The van der Waals surface area contributed by atoms with Gasteiger partial charge in [-0.1, -0.05) is 39.0 Å². The van der Waals surface area contributed by atoms with Crippen LogP contribution in [0.25, 0.3) is 0 Å². The van der Waals surface area contributed by atoms with Gasteiger partial charge in [0.05, 0.1) is 13.2 Å². The van der Waals surface area contributed by atoms with E-state index in [0.29, 0.717) is 0 Å². The van der Waals surface area contributed by atoms with Crippen molar-refractivity contribution in [2.24, 2.45) is 11.8 Å². The van der Waals surface area contributed by atoms with Crippen molar-refractivity contribution >= 4 is 0 Å². The van der Waals surface area contributed by atoms with Gasteiger partial charge >= 0.3 is 0 Å². The molecule has 0 radical (unpaired) electrons. The van der Waals surface area contributed by atoms with E-state index in [1.165, 1.54) is 58.0 Å². The molecule has 20 heavy (non-hydrogen) atoms. The minimum Gasteiger partial charge on any atom is -0.379 e. The Labute approximate surface area is 125 Å². The summed E-state index contributed by atoms with van der Waals surface area (Å²) < 4.78 is 5.38. The molecule has 2 rings (SSSR count). The SMILES string of the molecule is CCCCC1CCC(CNCCN2CCOCC2)CC1. The third kappa shape index (κ3) is 6.11. The standard InChI is InChI=1S/C17H34N2O/c1-2-3-4-16-5-7-17(8-6-16)15-18-9-10-19-11-13-20-14-12-19/h16-18H,2-15H2,1H3. The van der Waals surface area contributed by atoms with Gasteiger partial charge in [-0.25, -0.2) is 0 Å². The van der Waals surface area contributed by atoms with Crippen molar-refractivity contribution in [3.05, 3.63) is 0 Å². The Bertz CT molecular complexity index is 233. The molecular weight excluding hydrogens is 248 g/mol. The zero-order valence-corrected chi connectivity index (χ0v) is 13.4. The second-order valence-corrected chi connectivity index (χ2v) is 6.69. The topological polar surface area (TPSA) is 24.5 Å². The van der Waals surface area contributed by atoms with E-state index in [-0.39, 0.29) is 0 Å². The molecule has 1 N–H and O–H groups in total. The van der Waals surface area contributed by atoms with Gasteiger partial charge < -0.3 is 10.1 Å². The lowest BCUT2D eigenvalue weighted by Crippen LogP contribution is -2.41. The third-order valence-corrected chi connectivity index (χ3v) is 5.07. The van der Waals surface area contributed by atoms with Gasteiger partial charge in [0.25, 0.3) is 0 Å². The second-order valence-electron chi connectivity index (χ2n) is 6.69. The summed E-state index contributed by atoms with van der Waals surface area (Å²) in [5, 5.41) is 3.68. The van der Waals surface area contributed by atoms with Gasteiger partial charge in [0, 0.05) is 26.2 Å². The van der Waals surface area contributed by atoms with Gasteiger partial charge in [-0.2, -0.15) is 0 Å². The molecule has 3 nitrogen and oxygen atoms in total. The highest BCUT2D eigenvalue weighted by atomic mass is 16.5. The summed E-state index contributed by atoms with van der Waals surface area (Å²) in [4.78, 5) is 2.51. The molecule has 1 saturated heterocycles. The Morgan fingerprint density at radius 1 is 1.05 bits per heavy atom. The van der Waals surface area contributed by atoms with E-state index in [0.717, 1.165) is 44.7 Å². The van der Waals surface area contributed by atoms with Gasteiger partial charge in [0.1, 0.15) is 0 Å². The molecule has 1 heterocycles. The van der Waals surface area contributed by atoms with Crippen molar-refractivity contribution < 1.29 is 4.74 Å². The van der Waals surface area contributed by atoms with Crippen LogP contribution in [0.4, 0.5) is 0 Å². The van der Waals surface area contributed by atoms with Crippen LogP contribution >= 0.6 is 0 Å². The molecule has 0 amide bonds. The Morgan fingerprint density at radius 3 is 2.45 bits per heavy atom. The lowest BCUT2D eigenvalue weighted by molar-refractivity contribution is 0.0383. The van der Waals surface area contributed by atoms with Gasteiger partial charge in [-0.3, -0.25) is 4.90 Å². The molecule has 1 aliphatic heterocycles. The highest BCUT2D eigenvalue weighted by molar-refractivity contribution is 4.74. The van der Waals surface area contributed by atoms with Gasteiger partial charge in [0.2, 0.25) is 0 Å². The molecule has 2 fully saturated rings. The Hall–Kier alpha value is -0.120. The number of hydrogen-bond acceptors (Lipinski definition) is 3. The fourth-order valence-electron chi connectivity index (χ4n) is 3.59. The first-order chi connectivity index (χ1) is 9.88. The van der Waals surface area contributed by atoms with E-state index in [9.17, 15) is 0 Å². The normalized spacial score (nSPS) is 28.6. The zero-order chi connectivity index (χ0) is 14.0. The van der Waals surface area contributed by atoms with E-state index < -0.39 is 0 Å². The summed E-state index contributed by atoms with van der Waals surface area (Å²) in [7, 11) is 0. The highest BCUT2D eigenvalue weighted by Gasteiger charge is 2.20. The van der Waals surface area contributed by atoms with Crippen molar-refractivity contribution in [2.45, 2.75) is 51.9 Å². The summed E-state index contributed by atoms with van der Waals surface area (Å²) in [6, 6.07) is 0. The third-order valence-electron chi connectivity index (χ3n) is 5.07. The van der Waals surface area contributed by atoms with Crippen LogP contribution in [0, 0.1) is 11.8 Å². The van der Waals surface area contributed by atoms with Crippen LogP contribution in [-0.2, 0) is 4.74 Å². The number of ether oxygens (including phenoxy) is 1. The highest BCUT2D eigenvalue weighted by Crippen LogP contribution is 2.31. The quantitative estimate of drug-likeness (QED) is 0.693. The number of hydrogen-bond donors (Lipinski definition) is 1. The average Bonchev–Trinajstić information content (AvgIpc) is 2.52. The maximum absolute atomic E-state index is 5.38. The number of unbranched alkanes of at least 4 members (excludes halogenated alkanes) is 1. The van der Waals surface area contributed by atoms with E-state index in [1.54, 1.807) is 0 Å².